The van der Waals surface area contributed by atoms with Crippen LogP contribution in [0.1, 0.15) is 33.6 Å². The van der Waals surface area contributed by atoms with Gasteiger partial charge in [-0.15, -0.1) is 0 Å². The minimum absolute atomic E-state index is 0.0557. The number of unbranched alkanes of at least 4 members (excludes halogenated alkanes) is 1. The lowest BCUT2D eigenvalue weighted by Crippen LogP contribution is -2.45. The van der Waals surface area contributed by atoms with Crippen LogP contribution in [-0.4, -0.2) is 36.6 Å². The van der Waals surface area contributed by atoms with Crippen molar-refractivity contribution in [1.82, 2.24) is 4.90 Å². The molecule has 0 bridgehead atoms. The first-order chi connectivity index (χ1) is 8.22. The molecule has 18 heavy (non-hydrogen) atoms. The molecule has 6 heteroatoms. The molecule has 1 unspecified atom stereocenters. The quantitative estimate of drug-likeness (QED) is 0.770. The van der Waals surface area contributed by atoms with Gasteiger partial charge < -0.3 is 10.6 Å². The number of nitrogens with zero attached hydrogens (tertiary/aromatic N) is 1. The minimum atomic E-state index is -4.36. The first-order valence-electron chi connectivity index (χ1n) is 6.28. The Bertz CT molecular complexity index is 254. The first kappa shape index (κ1) is 17.2. The third-order valence-corrected chi connectivity index (χ3v) is 2.84. The SMILES string of the molecule is CCCCN(CC(F)(F)F)C(=O)C(CN)C(C)C. The summed E-state index contributed by atoms with van der Waals surface area (Å²) in [5.74, 6) is -1.08. The molecule has 1 amide bonds. The van der Waals surface area contributed by atoms with E-state index in [1.54, 1.807) is 13.8 Å². The lowest BCUT2D eigenvalue weighted by Gasteiger charge is -2.29. The molecule has 0 saturated carbocycles. The van der Waals surface area contributed by atoms with Gasteiger partial charge in [0.1, 0.15) is 6.54 Å². The van der Waals surface area contributed by atoms with Crippen LogP contribution in [0.2, 0.25) is 0 Å². The van der Waals surface area contributed by atoms with Gasteiger partial charge in [0, 0.05) is 13.1 Å². The number of carbonyl (C=O) groups is 1. The summed E-state index contributed by atoms with van der Waals surface area (Å²) in [6, 6.07) is 0. The molecule has 0 spiro atoms. The van der Waals surface area contributed by atoms with Crippen LogP contribution in [0, 0.1) is 11.8 Å². The zero-order valence-electron chi connectivity index (χ0n) is 11.3. The molecule has 0 aliphatic heterocycles. The van der Waals surface area contributed by atoms with Crippen molar-refractivity contribution in [3.05, 3.63) is 0 Å². The predicted molar refractivity (Wildman–Crippen MR) is 64.9 cm³/mol. The summed E-state index contributed by atoms with van der Waals surface area (Å²) in [5.41, 5.74) is 5.48. The number of alkyl halides is 3. The second kappa shape index (κ2) is 7.61. The van der Waals surface area contributed by atoms with Gasteiger partial charge in [-0.05, 0) is 12.3 Å². The van der Waals surface area contributed by atoms with Gasteiger partial charge in [0.2, 0.25) is 5.91 Å². The van der Waals surface area contributed by atoms with Gasteiger partial charge in [0.25, 0.3) is 0 Å². The Morgan fingerprint density at radius 3 is 2.22 bits per heavy atom. The summed E-state index contributed by atoms with van der Waals surface area (Å²) in [6.45, 7) is 4.49. The van der Waals surface area contributed by atoms with E-state index >= 15 is 0 Å². The van der Waals surface area contributed by atoms with E-state index in [0.29, 0.717) is 6.42 Å². The predicted octanol–water partition coefficient (Wildman–Crippen LogP) is 2.41. The van der Waals surface area contributed by atoms with E-state index in [1.807, 2.05) is 6.92 Å². The molecule has 0 radical (unpaired) electrons. The monoisotopic (exact) mass is 268 g/mol. The van der Waals surface area contributed by atoms with Crippen LogP contribution in [0.15, 0.2) is 0 Å². The van der Waals surface area contributed by atoms with Crippen LogP contribution in [0.25, 0.3) is 0 Å². The number of nitrogens with two attached hydrogens (primary N) is 1. The van der Waals surface area contributed by atoms with Crippen LogP contribution in [-0.2, 0) is 4.79 Å². The van der Waals surface area contributed by atoms with E-state index in [9.17, 15) is 18.0 Å². The van der Waals surface area contributed by atoms with E-state index in [0.717, 1.165) is 11.3 Å². The lowest BCUT2D eigenvalue weighted by molar-refractivity contribution is -0.164. The molecule has 3 nitrogen and oxygen atoms in total. The van der Waals surface area contributed by atoms with Crippen molar-refractivity contribution in [2.45, 2.75) is 39.8 Å². The smallest absolute Gasteiger partial charge is 0.333 e. The maximum Gasteiger partial charge on any atom is 0.406 e. The summed E-state index contributed by atoms with van der Waals surface area (Å²) in [5, 5.41) is 0. The summed E-state index contributed by atoms with van der Waals surface area (Å²) < 4.78 is 37.3. The van der Waals surface area contributed by atoms with Crippen molar-refractivity contribution >= 4 is 5.91 Å². The summed E-state index contributed by atoms with van der Waals surface area (Å²) in [6.07, 6.45) is -3.05. The van der Waals surface area contributed by atoms with Crippen molar-refractivity contribution in [2.24, 2.45) is 17.6 Å². The third kappa shape index (κ3) is 6.23. The van der Waals surface area contributed by atoms with Crippen LogP contribution < -0.4 is 5.73 Å². The molecule has 0 aromatic rings. The molecule has 0 heterocycles. The molecule has 0 aliphatic rings. The zero-order chi connectivity index (χ0) is 14.3. The molecule has 0 aromatic carbocycles. The Hall–Kier alpha value is -0.780. The van der Waals surface area contributed by atoms with E-state index in [-0.39, 0.29) is 19.0 Å². The minimum Gasteiger partial charge on any atom is -0.333 e. The molecule has 0 aliphatic carbocycles. The average Bonchev–Trinajstić information content (AvgIpc) is 2.22. The van der Waals surface area contributed by atoms with E-state index in [2.05, 4.69) is 0 Å². The van der Waals surface area contributed by atoms with Crippen LogP contribution in [0.4, 0.5) is 13.2 Å². The topological polar surface area (TPSA) is 46.3 Å². The molecule has 0 saturated heterocycles. The van der Waals surface area contributed by atoms with Gasteiger partial charge >= 0.3 is 6.18 Å². The van der Waals surface area contributed by atoms with Crippen molar-refractivity contribution in [1.29, 1.82) is 0 Å². The number of halogens is 3. The van der Waals surface area contributed by atoms with Gasteiger partial charge in [-0.3, -0.25) is 4.79 Å². The fraction of sp³-hybridized carbons (Fsp3) is 0.917. The molecule has 0 rings (SSSR count). The highest BCUT2D eigenvalue weighted by molar-refractivity contribution is 5.79. The molecule has 2 N–H and O–H groups in total. The normalized spacial score (nSPS) is 13.8. The number of amides is 1. The Morgan fingerprint density at radius 2 is 1.89 bits per heavy atom. The number of rotatable bonds is 7. The molecule has 1 atom stereocenters. The Balaban J connectivity index is 4.77. The third-order valence-electron chi connectivity index (χ3n) is 2.84. The van der Waals surface area contributed by atoms with Crippen LogP contribution in [0.5, 0.6) is 0 Å². The highest BCUT2D eigenvalue weighted by atomic mass is 19.4. The second-order valence-corrected chi connectivity index (χ2v) is 4.81. The van der Waals surface area contributed by atoms with Gasteiger partial charge in [-0.1, -0.05) is 27.2 Å². The average molecular weight is 268 g/mol. The number of hydrogen-bond acceptors (Lipinski definition) is 2. The first-order valence-corrected chi connectivity index (χ1v) is 6.28. The Morgan fingerprint density at radius 1 is 1.33 bits per heavy atom. The molecular formula is C12H23F3N2O. The standard InChI is InChI=1S/C12H23F3N2O/c1-4-5-6-17(8-12(13,14)15)11(18)10(7-16)9(2)3/h9-10H,4-8,16H2,1-3H3. The maximum atomic E-state index is 12.4. The molecule has 108 valence electrons. The van der Waals surface area contributed by atoms with Crippen molar-refractivity contribution in [3.63, 3.8) is 0 Å². The largest absolute Gasteiger partial charge is 0.406 e. The van der Waals surface area contributed by atoms with Crippen LogP contribution in [0.3, 0.4) is 0 Å². The fourth-order valence-electron chi connectivity index (χ4n) is 1.73. The van der Waals surface area contributed by atoms with Gasteiger partial charge in [-0.2, -0.15) is 13.2 Å². The Labute approximate surface area is 107 Å². The molecule has 0 fully saturated rings. The fourth-order valence-corrected chi connectivity index (χ4v) is 1.73. The highest BCUT2D eigenvalue weighted by Gasteiger charge is 2.35. The van der Waals surface area contributed by atoms with Crippen molar-refractivity contribution in [3.8, 4) is 0 Å². The van der Waals surface area contributed by atoms with Crippen molar-refractivity contribution < 1.29 is 18.0 Å². The zero-order valence-corrected chi connectivity index (χ0v) is 11.3. The summed E-state index contributed by atoms with van der Waals surface area (Å²) >= 11 is 0. The van der Waals surface area contributed by atoms with E-state index in [1.165, 1.54) is 0 Å². The van der Waals surface area contributed by atoms with Crippen molar-refractivity contribution in [2.75, 3.05) is 19.6 Å². The van der Waals surface area contributed by atoms with E-state index in [4.69, 9.17) is 5.73 Å². The highest BCUT2D eigenvalue weighted by Crippen LogP contribution is 2.20. The van der Waals surface area contributed by atoms with Crippen LogP contribution >= 0.6 is 0 Å². The molecule has 0 aromatic heterocycles. The second-order valence-electron chi connectivity index (χ2n) is 4.81. The number of carbonyl (C=O) groups excluding carboxylic acids is 1. The Kier molecular flexibility index (Phi) is 7.28. The van der Waals surface area contributed by atoms with Gasteiger partial charge in [-0.25, -0.2) is 0 Å². The summed E-state index contributed by atoms with van der Waals surface area (Å²) in [7, 11) is 0. The summed E-state index contributed by atoms with van der Waals surface area (Å²) in [4.78, 5) is 12.9. The number of hydrogen-bond donors (Lipinski definition) is 1. The maximum absolute atomic E-state index is 12.4. The van der Waals surface area contributed by atoms with Gasteiger partial charge in [0.15, 0.2) is 0 Å². The lowest BCUT2D eigenvalue weighted by atomic mass is 9.94. The van der Waals surface area contributed by atoms with Gasteiger partial charge in [0.05, 0.1) is 5.92 Å². The van der Waals surface area contributed by atoms with E-state index < -0.39 is 24.5 Å². The molecular weight excluding hydrogens is 245 g/mol.